The molecule has 0 saturated carbocycles. The monoisotopic (exact) mass is 223 g/mol. The van der Waals surface area contributed by atoms with Gasteiger partial charge in [0, 0.05) is 6.04 Å². The van der Waals surface area contributed by atoms with E-state index in [1.54, 1.807) is 12.1 Å². The second-order valence-electron chi connectivity index (χ2n) is 4.49. The van der Waals surface area contributed by atoms with Gasteiger partial charge >= 0.3 is 0 Å². The van der Waals surface area contributed by atoms with E-state index in [1.165, 1.54) is 6.07 Å². The normalized spacial score (nSPS) is 10.9. The molecule has 88 valence electrons. The Morgan fingerprint density at radius 3 is 2.38 bits per heavy atom. The summed E-state index contributed by atoms with van der Waals surface area (Å²) in [6, 6.07) is 4.95. The fraction of sp³-hybridized carbons (Fsp3) is 0.462. The molecule has 1 aromatic carbocycles. The van der Waals surface area contributed by atoms with Crippen molar-refractivity contribution in [3.8, 4) is 0 Å². The molecule has 0 aromatic heterocycles. The topological polar surface area (TPSA) is 29.1 Å². The van der Waals surface area contributed by atoms with Crippen molar-refractivity contribution in [2.75, 3.05) is 0 Å². The van der Waals surface area contributed by atoms with Crippen molar-refractivity contribution in [1.29, 1.82) is 0 Å². The van der Waals surface area contributed by atoms with Crippen molar-refractivity contribution in [2.45, 2.75) is 39.7 Å². The van der Waals surface area contributed by atoms with Crippen LogP contribution in [-0.2, 0) is 0 Å². The van der Waals surface area contributed by atoms with Crippen LogP contribution < -0.4 is 5.32 Å². The molecule has 0 aliphatic rings. The molecule has 2 nitrogen and oxygen atoms in total. The van der Waals surface area contributed by atoms with Crippen LogP contribution in [0.3, 0.4) is 0 Å². The molecule has 0 radical (unpaired) electrons. The lowest BCUT2D eigenvalue weighted by Gasteiger charge is -2.12. The Morgan fingerprint density at radius 1 is 1.25 bits per heavy atom. The molecule has 0 saturated heterocycles. The highest BCUT2D eigenvalue weighted by Crippen LogP contribution is 2.20. The number of carbonyl (C=O) groups excluding carboxylic acids is 1. The minimum atomic E-state index is -0.407. The highest BCUT2D eigenvalue weighted by Gasteiger charge is 2.16. The Labute approximate surface area is 95.9 Å². The Bertz CT molecular complexity index is 386. The first-order valence-corrected chi connectivity index (χ1v) is 5.52. The van der Waals surface area contributed by atoms with Crippen LogP contribution in [0.15, 0.2) is 18.2 Å². The van der Waals surface area contributed by atoms with Gasteiger partial charge < -0.3 is 5.32 Å². The quantitative estimate of drug-likeness (QED) is 0.838. The summed E-state index contributed by atoms with van der Waals surface area (Å²) in [7, 11) is 0. The predicted molar refractivity (Wildman–Crippen MR) is 63.1 cm³/mol. The minimum absolute atomic E-state index is 0.00889. The van der Waals surface area contributed by atoms with Gasteiger partial charge in [0.25, 0.3) is 5.91 Å². The highest BCUT2D eigenvalue weighted by atomic mass is 19.1. The van der Waals surface area contributed by atoms with Gasteiger partial charge in [-0.25, -0.2) is 4.39 Å². The molecule has 1 aromatic rings. The van der Waals surface area contributed by atoms with E-state index >= 15 is 0 Å². The summed E-state index contributed by atoms with van der Waals surface area (Å²) in [5.41, 5.74) is 0.705. The molecular weight excluding hydrogens is 205 g/mol. The van der Waals surface area contributed by atoms with Gasteiger partial charge in [-0.15, -0.1) is 0 Å². The SMILES string of the molecule is CC(C)NC(=O)c1cccc(C(C)C)c1F. The summed E-state index contributed by atoms with van der Waals surface area (Å²) >= 11 is 0. The first kappa shape index (κ1) is 12.7. The van der Waals surface area contributed by atoms with Crippen LogP contribution >= 0.6 is 0 Å². The third-order valence-electron chi connectivity index (χ3n) is 2.31. The molecule has 1 N–H and O–H groups in total. The molecule has 1 amide bonds. The summed E-state index contributed by atoms with van der Waals surface area (Å²) in [5, 5.41) is 2.69. The highest BCUT2D eigenvalue weighted by molar-refractivity contribution is 5.94. The van der Waals surface area contributed by atoms with Gasteiger partial charge in [0.05, 0.1) is 5.56 Å². The number of halogens is 1. The van der Waals surface area contributed by atoms with Crippen LogP contribution in [0.1, 0.15) is 49.5 Å². The van der Waals surface area contributed by atoms with Gasteiger partial charge in [0.1, 0.15) is 5.82 Å². The molecule has 0 aliphatic carbocycles. The average Bonchev–Trinajstić information content (AvgIpc) is 2.16. The maximum absolute atomic E-state index is 14.0. The Balaban J connectivity index is 3.06. The fourth-order valence-electron chi connectivity index (χ4n) is 1.51. The Hall–Kier alpha value is -1.38. The number of amides is 1. The van der Waals surface area contributed by atoms with E-state index in [-0.39, 0.29) is 23.4 Å². The van der Waals surface area contributed by atoms with Crippen LogP contribution in [0.5, 0.6) is 0 Å². The first-order chi connectivity index (χ1) is 7.43. The van der Waals surface area contributed by atoms with Gasteiger partial charge in [-0.3, -0.25) is 4.79 Å². The summed E-state index contributed by atoms with van der Waals surface area (Å²) in [5.74, 6) is -0.683. The van der Waals surface area contributed by atoms with Crippen LogP contribution in [0.4, 0.5) is 4.39 Å². The van der Waals surface area contributed by atoms with Crippen molar-refractivity contribution in [1.82, 2.24) is 5.32 Å². The number of benzene rings is 1. The molecule has 0 bridgehead atoms. The second kappa shape index (κ2) is 5.10. The van der Waals surface area contributed by atoms with E-state index in [9.17, 15) is 9.18 Å². The zero-order valence-corrected chi connectivity index (χ0v) is 10.2. The number of nitrogens with one attached hydrogen (secondary N) is 1. The smallest absolute Gasteiger partial charge is 0.254 e. The van der Waals surface area contributed by atoms with Gasteiger partial charge in [-0.05, 0) is 31.4 Å². The van der Waals surface area contributed by atoms with Crippen molar-refractivity contribution >= 4 is 5.91 Å². The molecule has 0 fully saturated rings. The lowest BCUT2D eigenvalue weighted by Crippen LogP contribution is -2.31. The standard InChI is InChI=1S/C13H18FNO/c1-8(2)10-6-5-7-11(12(10)14)13(16)15-9(3)4/h5-9H,1-4H3,(H,15,16). The number of carbonyl (C=O) groups is 1. The molecule has 0 spiro atoms. The summed E-state index contributed by atoms with van der Waals surface area (Å²) in [6.45, 7) is 7.51. The summed E-state index contributed by atoms with van der Waals surface area (Å²) < 4.78 is 14.0. The van der Waals surface area contributed by atoms with E-state index in [0.717, 1.165) is 0 Å². The van der Waals surface area contributed by atoms with E-state index in [1.807, 2.05) is 27.7 Å². The third-order valence-corrected chi connectivity index (χ3v) is 2.31. The Morgan fingerprint density at radius 2 is 1.88 bits per heavy atom. The Kier molecular flexibility index (Phi) is 4.05. The number of hydrogen-bond donors (Lipinski definition) is 1. The summed E-state index contributed by atoms with van der Waals surface area (Å²) in [4.78, 5) is 11.7. The van der Waals surface area contributed by atoms with E-state index in [4.69, 9.17) is 0 Å². The fourth-order valence-corrected chi connectivity index (χ4v) is 1.51. The van der Waals surface area contributed by atoms with Gasteiger partial charge in [0.15, 0.2) is 0 Å². The van der Waals surface area contributed by atoms with E-state index < -0.39 is 5.82 Å². The van der Waals surface area contributed by atoms with Gasteiger partial charge in [0.2, 0.25) is 0 Å². The molecule has 0 unspecified atom stereocenters. The molecule has 0 atom stereocenters. The molecular formula is C13H18FNO. The average molecular weight is 223 g/mol. The summed E-state index contributed by atoms with van der Waals surface area (Å²) in [6.07, 6.45) is 0. The van der Waals surface area contributed by atoms with Crippen LogP contribution in [-0.4, -0.2) is 11.9 Å². The molecule has 0 heterocycles. The molecule has 0 aliphatic heterocycles. The zero-order chi connectivity index (χ0) is 12.3. The van der Waals surface area contributed by atoms with Gasteiger partial charge in [-0.2, -0.15) is 0 Å². The van der Waals surface area contributed by atoms with Crippen molar-refractivity contribution < 1.29 is 9.18 Å². The zero-order valence-electron chi connectivity index (χ0n) is 10.2. The minimum Gasteiger partial charge on any atom is -0.350 e. The van der Waals surface area contributed by atoms with Crippen LogP contribution in [0.2, 0.25) is 0 Å². The maximum Gasteiger partial charge on any atom is 0.254 e. The lowest BCUT2D eigenvalue weighted by molar-refractivity contribution is 0.0939. The van der Waals surface area contributed by atoms with Crippen molar-refractivity contribution in [3.63, 3.8) is 0 Å². The first-order valence-electron chi connectivity index (χ1n) is 5.52. The van der Waals surface area contributed by atoms with Crippen LogP contribution in [0, 0.1) is 5.82 Å². The number of rotatable bonds is 3. The molecule has 3 heteroatoms. The lowest BCUT2D eigenvalue weighted by atomic mass is 9.99. The van der Waals surface area contributed by atoms with Crippen LogP contribution in [0.25, 0.3) is 0 Å². The number of hydrogen-bond acceptors (Lipinski definition) is 1. The largest absolute Gasteiger partial charge is 0.350 e. The third kappa shape index (κ3) is 2.81. The molecule has 16 heavy (non-hydrogen) atoms. The van der Waals surface area contributed by atoms with E-state index in [0.29, 0.717) is 5.56 Å². The maximum atomic E-state index is 14.0. The second-order valence-corrected chi connectivity index (χ2v) is 4.49. The molecule has 1 rings (SSSR count). The van der Waals surface area contributed by atoms with E-state index in [2.05, 4.69) is 5.32 Å². The van der Waals surface area contributed by atoms with Crippen molar-refractivity contribution in [2.24, 2.45) is 0 Å². The predicted octanol–water partition coefficient (Wildman–Crippen LogP) is 3.09. The van der Waals surface area contributed by atoms with Gasteiger partial charge in [-0.1, -0.05) is 26.0 Å². The van der Waals surface area contributed by atoms with Crippen molar-refractivity contribution in [3.05, 3.63) is 35.1 Å².